The number of imide groups is 1. The molecule has 11 heteroatoms. The second-order valence-corrected chi connectivity index (χ2v) is 10.3. The lowest BCUT2D eigenvalue weighted by Crippen LogP contribution is -2.47. The van der Waals surface area contributed by atoms with Gasteiger partial charge >= 0.3 is 5.97 Å². The Labute approximate surface area is 193 Å². The van der Waals surface area contributed by atoms with Gasteiger partial charge in [-0.25, -0.2) is 13.3 Å². The number of nitrogens with zero attached hydrogens (tertiary/aromatic N) is 3. The Bertz CT molecular complexity index is 997. The topological polar surface area (TPSA) is 114 Å². The number of rotatable bonds is 6. The molecule has 10 nitrogen and oxygen atoms in total. The monoisotopic (exact) mass is 479 g/mol. The molecule has 3 aliphatic rings. The number of esters is 1. The minimum Gasteiger partial charge on any atom is -0.466 e. The van der Waals surface area contributed by atoms with E-state index in [0.29, 0.717) is 64.5 Å². The summed E-state index contributed by atoms with van der Waals surface area (Å²) in [4.78, 5) is 40.9. The molecule has 0 aromatic heterocycles. The number of hydrogen-bond donors (Lipinski definition) is 0. The van der Waals surface area contributed by atoms with E-state index in [1.807, 2.05) is 4.90 Å². The van der Waals surface area contributed by atoms with Gasteiger partial charge in [-0.3, -0.25) is 19.3 Å². The average Bonchev–Trinajstić information content (AvgIpc) is 3.13. The van der Waals surface area contributed by atoms with Crippen LogP contribution < -0.4 is 4.90 Å². The first kappa shape index (κ1) is 23.8. The number of benzene rings is 1. The maximum atomic E-state index is 13.1. The number of piperidine rings is 1. The van der Waals surface area contributed by atoms with Crippen molar-refractivity contribution in [2.75, 3.05) is 50.9 Å². The number of amides is 2. The van der Waals surface area contributed by atoms with E-state index in [0.717, 1.165) is 4.90 Å². The second-order valence-electron chi connectivity index (χ2n) is 8.36. The van der Waals surface area contributed by atoms with Gasteiger partial charge in [0.05, 0.1) is 48.8 Å². The summed E-state index contributed by atoms with van der Waals surface area (Å²) >= 11 is 0. The Morgan fingerprint density at radius 2 is 1.70 bits per heavy atom. The van der Waals surface area contributed by atoms with Gasteiger partial charge in [0.2, 0.25) is 15.9 Å². The van der Waals surface area contributed by atoms with Gasteiger partial charge < -0.3 is 9.47 Å². The van der Waals surface area contributed by atoms with Gasteiger partial charge in [-0.1, -0.05) is 0 Å². The summed E-state index contributed by atoms with van der Waals surface area (Å²) in [5.41, 5.74) is 0.356. The molecule has 3 saturated heterocycles. The SMILES string of the molecule is CCOC(=O)C1CCN(C2CC(=O)N(c3ccc(S(=O)(=O)N4CCOCC4)cc3)C2=O)CC1. The van der Waals surface area contributed by atoms with Crippen LogP contribution in [0.25, 0.3) is 0 Å². The smallest absolute Gasteiger partial charge is 0.309 e. The number of likely N-dealkylation sites (tertiary alicyclic amines) is 1. The maximum Gasteiger partial charge on any atom is 0.309 e. The Balaban J connectivity index is 1.42. The van der Waals surface area contributed by atoms with E-state index in [1.165, 1.54) is 28.6 Å². The molecule has 3 heterocycles. The molecule has 1 aromatic carbocycles. The third-order valence-electron chi connectivity index (χ3n) is 6.42. The number of hydrogen-bond acceptors (Lipinski definition) is 8. The summed E-state index contributed by atoms with van der Waals surface area (Å²) in [7, 11) is -3.65. The van der Waals surface area contributed by atoms with Crippen LogP contribution in [0.1, 0.15) is 26.2 Å². The molecule has 0 spiro atoms. The van der Waals surface area contributed by atoms with Crippen LogP contribution in [0.15, 0.2) is 29.2 Å². The summed E-state index contributed by atoms with van der Waals surface area (Å²) in [6, 6.07) is 5.28. The fourth-order valence-electron chi connectivity index (χ4n) is 4.58. The predicted octanol–water partition coefficient (Wildman–Crippen LogP) is 0.615. The molecule has 2 amide bonds. The van der Waals surface area contributed by atoms with Gasteiger partial charge in [-0.2, -0.15) is 4.31 Å². The van der Waals surface area contributed by atoms with Crippen LogP contribution in [0, 0.1) is 5.92 Å². The van der Waals surface area contributed by atoms with Crippen molar-refractivity contribution in [3.63, 3.8) is 0 Å². The Hall–Kier alpha value is -2.34. The zero-order valence-electron chi connectivity index (χ0n) is 18.6. The van der Waals surface area contributed by atoms with Gasteiger partial charge in [-0.05, 0) is 57.1 Å². The third kappa shape index (κ3) is 4.81. The summed E-state index contributed by atoms with van der Waals surface area (Å²) in [6.45, 7) is 4.49. The van der Waals surface area contributed by atoms with Crippen molar-refractivity contribution in [2.24, 2.45) is 5.92 Å². The van der Waals surface area contributed by atoms with Crippen molar-refractivity contribution in [3.8, 4) is 0 Å². The Morgan fingerprint density at radius 3 is 2.30 bits per heavy atom. The van der Waals surface area contributed by atoms with Crippen molar-refractivity contribution in [3.05, 3.63) is 24.3 Å². The summed E-state index contributed by atoms with van der Waals surface area (Å²) in [5.74, 6) is -1.02. The summed E-state index contributed by atoms with van der Waals surface area (Å²) < 4.78 is 37.3. The minimum absolute atomic E-state index is 0.0662. The highest BCUT2D eigenvalue weighted by molar-refractivity contribution is 7.89. The number of sulfonamides is 1. The highest BCUT2D eigenvalue weighted by atomic mass is 32.2. The normalized spacial score (nSPS) is 23.8. The minimum atomic E-state index is -3.65. The van der Waals surface area contributed by atoms with E-state index in [2.05, 4.69) is 0 Å². The zero-order valence-corrected chi connectivity index (χ0v) is 19.5. The highest BCUT2D eigenvalue weighted by Gasteiger charge is 2.44. The van der Waals surface area contributed by atoms with Crippen molar-refractivity contribution in [1.29, 1.82) is 0 Å². The van der Waals surface area contributed by atoms with E-state index < -0.39 is 16.1 Å². The number of carbonyl (C=O) groups is 3. The van der Waals surface area contributed by atoms with Crippen molar-refractivity contribution < 1.29 is 32.3 Å². The first-order valence-corrected chi connectivity index (χ1v) is 12.7. The van der Waals surface area contributed by atoms with Crippen molar-refractivity contribution in [2.45, 2.75) is 37.1 Å². The molecule has 3 fully saturated rings. The molecule has 0 N–H and O–H groups in total. The number of ether oxygens (including phenoxy) is 2. The molecule has 3 aliphatic heterocycles. The van der Waals surface area contributed by atoms with Crippen LogP contribution in [0.2, 0.25) is 0 Å². The van der Waals surface area contributed by atoms with E-state index in [4.69, 9.17) is 9.47 Å². The predicted molar refractivity (Wildman–Crippen MR) is 118 cm³/mol. The number of carbonyl (C=O) groups excluding carboxylic acids is 3. The lowest BCUT2D eigenvalue weighted by Gasteiger charge is -2.33. The molecule has 0 saturated carbocycles. The fourth-order valence-corrected chi connectivity index (χ4v) is 5.99. The average molecular weight is 480 g/mol. The van der Waals surface area contributed by atoms with E-state index in [-0.39, 0.29) is 35.0 Å². The quantitative estimate of drug-likeness (QED) is 0.431. The highest BCUT2D eigenvalue weighted by Crippen LogP contribution is 2.30. The molecule has 1 aromatic rings. The molecule has 0 aliphatic carbocycles. The summed E-state index contributed by atoms with van der Waals surface area (Å²) in [5, 5.41) is 0. The van der Waals surface area contributed by atoms with Crippen LogP contribution in [-0.4, -0.2) is 87.4 Å². The van der Waals surface area contributed by atoms with Crippen LogP contribution >= 0.6 is 0 Å². The molecular weight excluding hydrogens is 450 g/mol. The zero-order chi connectivity index (χ0) is 23.6. The molecular formula is C22H29N3O7S. The molecule has 4 rings (SSSR count). The van der Waals surface area contributed by atoms with E-state index in [9.17, 15) is 22.8 Å². The van der Waals surface area contributed by atoms with Crippen LogP contribution in [0.3, 0.4) is 0 Å². The molecule has 1 atom stereocenters. The summed E-state index contributed by atoms with van der Waals surface area (Å²) in [6.07, 6.45) is 1.24. The van der Waals surface area contributed by atoms with Crippen LogP contribution in [-0.2, 0) is 33.9 Å². The lowest BCUT2D eigenvalue weighted by atomic mass is 9.95. The number of morpholine rings is 1. The van der Waals surface area contributed by atoms with E-state index in [1.54, 1.807) is 6.92 Å². The van der Waals surface area contributed by atoms with E-state index >= 15 is 0 Å². The van der Waals surface area contributed by atoms with Crippen LogP contribution in [0.5, 0.6) is 0 Å². The largest absolute Gasteiger partial charge is 0.466 e. The van der Waals surface area contributed by atoms with Gasteiger partial charge in [-0.15, -0.1) is 0 Å². The van der Waals surface area contributed by atoms with Gasteiger partial charge in [0.25, 0.3) is 5.91 Å². The van der Waals surface area contributed by atoms with Crippen LogP contribution in [0.4, 0.5) is 5.69 Å². The van der Waals surface area contributed by atoms with Gasteiger partial charge in [0.1, 0.15) is 0 Å². The molecule has 0 radical (unpaired) electrons. The van der Waals surface area contributed by atoms with Crippen molar-refractivity contribution in [1.82, 2.24) is 9.21 Å². The fraction of sp³-hybridized carbons (Fsp3) is 0.591. The van der Waals surface area contributed by atoms with Crippen molar-refractivity contribution >= 4 is 33.5 Å². The maximum absolute atomic E-state index is 13.1. The second kappa shape index (κ2) is 9.88. The molecule has 0 bridgehead atoms. The van der Waals surface area contributed by atoms with Gasteiger partial charge in [0, 0.05) is 13.1 Å². The first-order valence-electron chi connectivity index (χ1n) is 11.3. The van der Waals surface area contributed by atoms with Gasteiger partial charge in [0.15, 0.2) is 0 Å². The molecule has 180 valence electrons. The standard InChI is InChI=1S/C22H29N3O7S/c1-2-32-22(28)16-7-9-23(10-8-16)19-15-20(26)25(21(19)27)17-3-5-18(6-4-17)33(29,30)24-11-13-31-14-12-24/h3-6,16,19H,2,7-15H2,1H3. The lowest BCUT2D eigenvalue weighted by molar-refractivity contribution is -0.149. The first-order chi connectivity index (χ1) is 15.8. The number of anilines is 1. The molecule has 33 heavy (non-hydrogen) atoms. The molecule has 1 unspecified atom stereocenters. The Kier molecular flexibility index (Phi) is 7.13. The third-order valence-corrected chi connectivity index (χ3v) is 8.33. The Morgan fingerprint density at radius 1 is 1.06 bits per heavy atom.